The quantitative estimate of drug-likeness (QED) is 0.353. The van der Waals surface area contributed by atoms with Crippen LogP contribution in [-0.4, -0.2) is 28.0 Å². The van der Waals surface area contributed by atoms with Crippen LogP contribution in [0.25, 0.3) is 10.9 Å². The number of anilines is 4. The van der Waals surface area contributed by atoms with E-state index in [0.29, 0.717) is 17.1 Å². The summed E-state index contributed by atoms with van der Waals surface area (Å²) in [6, 6.07) is 16.7. The molecular weight excluding hydrogens is 394 g/mol. The van der Waals surface area contributed by atoms with Crippen LogP contribution in [0.2, 0.25) is 0 Å². The molecule has 0 spiro atoms. The van der Waals surface area contributed by atoms with Gasteiger partial charge in [-0.15, -0.1) is 0 Å². The number of aryl methyl sites for hydroxylation is 1. The van der Waals surface area contributed by atoms with Crippen LogP contribution in [0.5, 0.6) is 5.75 Å². The molecule has 31 heavy (non-hydrogen) atoms. The van der Waals surface area contributed by atoms with E-state index in [1.54, 1.807) is 24.3 Å². The molecule has 9 heteroatoms. The van der Waals surface area contributed by atoms with Crippen LogP contribution < -0.4 is 26.6 Å². The number of nitrogens with one attached hydrogen (secondary N) is 3. The molecule has 2 aromatic carbocycles. The summed E-state index contributed by atoms with van der Waals surface area (Å²) < 4.78 is 5.22. The Labute approximate surface area is 178 Å². The number of carbonyl (C=O) groups excluding carboxylic acids is 1. The van der Waals surface area contributed by atoms with E-state index in [1.165, 1.54) is 13.4 Å². The van der Waals surface area contributed by atoms with E-state index in [1.807, 2.05) is 37.3 Å². The van der Waals surface area contributed by atoms with Gasteiger partial charge in [0.25, 0.3) is 5.91 Å². The Hall–Kier alpha value is -4.40. The van der Waals surface area contributed by atoms with E-state index >= 15 is 0 Å². The van der Waals surface area contributed by atoms with Crippen molar-refractivity contribution in [3.8, 4) is 5.75 Å². The van der Waals surface area contributed by atoms with Crippen LogP contribution in [0, 0.1) is 6.92 Å². The van der Waals surface area contributed by atoms with Crippen LogP contribution in [-0.2, 0) is 0 Å². The molecule has 4 aromatic rings. The summed E-state index contributed by atoms with van der Waals surface area (Å²) in [4.78, 5) is 25.4. The molecule has 0 saturated carbocycles. The normalized spacial score (nSPS) is 10.5. The molecule has 0 radical (unpaired) electrons. The zero-order valence-electron chi connectivity index (χ0n) is 17.0. The van der Waals surface area contributed by atoms with Crippen LogP contribution in [0.15, 0.2) is 60.9 Å². The number of hydrogen-bond acceptors (Lipinski definition) is 8. The second kappa shape index (κ2) is 8.54. The number of pyridine rings is 1. The number of fused-ring (bicyclic) bond motifs is 1. The molecule has 2 aromatic heterocycles. The molecule has 0 atom stereocenters. The fourth-order valence-electron chi connectivity index (χ4n) is 3.08. The molecule has 0 aliphatic carbocycles. The Kier molecular flexibility index (Phi) is 5.48. The molecule has 0 saturated heterocycles. The van der Waals surface area contributed by atoms with E-state index in [9.17, 15) is 4.79 Å². The molecule has 9 nitrogen and oxygen atoms in total. The third-order valence-corrected chi connectivity index (χ3v) is 4.64. The lowest BCUT2D eigenvalue weighted by molar-refractivity contribution is 0.0959. The average molecular weight is 415 g/mol. The lowest BCUT2D eigenvalue weighted by Crippen LogP contribution is -2.30. The predicted octanol–water partition coefficient (Wildman–Crippen LogP) is 3.42. The second-order valence-corrected chi connectivity index (χ2v) is 6.72. The molecule has 4 rings (SSSR count). The van der Waals surface area contributed by atoms with Crippen LogP contribution >= 0.6 is 0 Å². The first kappa shape index (κ1) is 19.9. The Morgan fingerprint density at radius 3 is 2.65 bits per heavy atom. The van der Waals surface area contributed by atoms with Gasteiger partial charge in [0.05, 0.1) is 23.9 Å². The number of rotatable bonds is 6. The fraction of sp³-hybridized carbons (Fsp3) is 0.0909. The highest BCUT2D eigenvalue weighted by Crippen LogP contribution is 2.29. The highest BCUT2D eigenvalue weighted by molar-refractivity contribution is 5.98. The van der Waals surface area contributed by atoms with Gasteiger partial charge >= 0.3 is 0 Å². The molecule has 5 N–H and O–H groups in total. The van der Waals surface area contributed by atoms with Crippen molar-refractivity contribution in [3.05, 3.63) is 72.2 Å². The molecule has 156 valence electrons. The lowest BCUT2D eigenvalue weighted by atomic mass is 10.1. The fourth-order valence-corrected chi connectivity index (χ4v) is 3.08. The van der Waals surface area contributed by atoms with Crippen molar-refractivity contribution < 1.29 is 9.53 Å². The zero-order chi connectivity index (χ0) is 21.8. The minimum atomic E-state index is -0.390. The molecule has 0 bridgehead atoms. The summed E-state index contributed by atoms with van der Waals surface area (Å²) in [7, 11) is 1.50. The Bertz CT molecular complexity index is 1260. The van der Waals surface area contributed by atoms with Crippen molar-refractivity contribution >= 4 is 39.8 Å². The first-order valence-corrected chi connectivity index (χ1v) is 9.50. The third-order valence-electron chi connectivity index (χ3n) is 4.64. The number of nitrogen functional groups attached to an aromatic ring is 1. The van der Waals surface area contributed by atoms with Gasteiger partial charge in [-0.2, -0.15) is 0 Å². The smallest absolute Gasteiger partial charge is 0.273 e. The van der Waals surface area contributed by atoms with Crippen molar-refractivity contribution in [2.45, 2.75) is 6.92 Å². The molecule has 0 aliphatic rings. The van der Waals surface area contributed by atoms with Crippen molar-refractivity contribution in [2.24, 2.45) is 0 Å². The number of hydrazine groups is 1. The number of aromatic nitrogens is 3. The maximum Gasteiger partial charge on any atom is 0.273 e. The first-order valence-electron chi connectivity index (χ1n) is 9.50. The summed E-state index contributed by atoms with van der Waals surface area (Å²) in [5.41, 5.74) is 14.7. The van der Waals surface area contributed by atoms with Crippen molar-refractivity contribution in [3.63, 3.8) is 0 Å². The Balaban J connectivity index is 1.55. The van der Waals surface area contributed by atoms with Gasteiger partial charge in [-0.25, -0.2) is 9.97 Å². The summed E-state index contributed by atoms with van der Waals surface area (Å²) >= 11 is 0. The monoisotopic (exact) mass is 415 g/mol. The van der Waals surface area contributed by atoms with Gasteiger partial charge in [0.2, 0.25) is 0 Å². The number of nitrogens with two attached hydrogens (primary N) is 1. The second-order valence-electron chi connectivity index (χ2n) is 6.72. The van der Waals surface area contributed by atoms with E-state index in [-0.39, 0.29) is 11.5 Å². The number of hydrogen-bond donors (Lipinski definition) is 4. The van der Waals surface area contributed by atoms with Gasteiger partial charge in [0, 0.05) is 11.1 Å². The third kappa shape index (κ3) is 4.15. The molecule has 0 aliphatic heterocycles. The zero-order valence-corrected chi connectivity index (χ0v) is 17.0. The van der Waals surface area contributed by atoms with Gasteiger partial charge in [0.15, 0.2) is 11.6 Å². The summed E-state index contributed by atoms with van der Waals surface area (Å²) in [5.74, 6) is 0.710. The minimum absolute atomic E-state index is 0.243. The molecule has 0 unspecified atom stereocenters. The number of para-hydroxylation sites is 2. The number of ether oxygens (including phenoxy) is 1. The Morgan fingerprint density at radius 1 is 1.00 bits per heavy atom. The standard InChI is InChI=1S/C22H21N7O2/c1-13-10-11-14-6-5-8-16(19(14)26-13)27-20-18(23)21(25-12-24-20)28-29-22(30)15-7-3-4-9-17(15)31-2/h3-12H,23H2,1-2H3,(H,29,30)(H2,24,25,27,28). The maximum atomic E-state index is 12.5. The molecule has 1 amide bonds. The van der Waals surface area contributed by atoms with Gasteiger partial charge < -0.3 is 15.8 Å². The number of methoxy groups -OCH3 is 1. The summed E-state index contributed by atoms with van der Waals surface area (Å²) in [6.45, 7) is 1.93. The number of benzene rings is 2. The highest BCUT2D eigenvalue weighted by atomic mass is 16.5. The van der Waals surface area contributed by atoms with Crippen LogP contribution in [0.3, 0.4) is 0 Å². The number of carbonyl (C=O) groups is 1. The average Bonchev–Trinajstić information content (AvgIpc) is 2.79. The van der Waals surface area contributed by atoms with Crippen LogP contribution in [0.4, 0.5) is 23.0 Å². The number of amides is 1. The Morgan fingerprint density at radius 2 is 1.81 bits per heavy atom. The molecule has 2 heterocycles. The SMILES string of the molecule is COc1ccccc1C(=O)NNc1ncnc(Nc2cccc3ccc(C)nc23)c1N. The largest absolute Gasteiger partial charge is 0.496 e. The van der Waals surface area contributed by atoms with E-state index in [2.05, 4.69) is 31.1 Å². The van der Waals surface area contributed by atoms with Gasteiger partial charge in [-0.1, -0.05) is 30.3 Å². The highest BCUT2D eigenvalue weighted by Gasteiger charge is 2.14. The van der Waals surface area contributed by atoms with Crippen molar-refractivity contribution in [1.29, 1.82) is 0 Å². The van der Waals surface area contributed by atoms with Gasteiger partial charge in [-0.05, 0) is 31.2 Å². The lowest BCUT2D eigenvalue weighted by Gasteiger charge is -2.14. The molecule has 0 fully saturated rings. The van der Waals surface area contributed by atoms with Gasteiger partial charge in [0.1, 0.15) is 17.8 Å². The minimum Gasteiger partial charge on any atom is -0.496 e. The van der Waals surface area contributed by atoms with Crippen molar-refractivity contribution in [2.75, 3.05) is 23.6 Å². The van der Waals surface area contributed by atoms with E-state index in [0.717, 1.165) is 22.3 Å². The topological polar surface area (TPSA) is 127 Å². The number of nitrogens with zero attached hydrogens (tertiary/aromatic N) is 3. The predicted molar refractivity (Wildman–Crippen MR) is 120 cm³/mol. The van der Waals surface area contributed by atoms with Crippen LogP contribution in [0.1, 0.15) is 16.1 Å². The van der Waals surface area contributed by atoms with E-state index in [4.69, 9.17) is 10.5 Å². The van der Waals surface area contributed by atoms with E-state index < -0.39 is 5.91 Å². The van der Waals surface area contributed by atoms with Crippen molar-refractivity contribution in [1.82, 2.24) is 20.4 Å². The molecular formula is C22H21N7O2. The first-order chi connectivity index (χ1) is 15.1. The maximum absolute atomic E-state index is 12.5. The van der Waals surface area contributed by atoms with Gasteiger partial charge in [-0.3, -0.25) is 20.6 Å². The summed E-state index contributed by atoms with van der Waals surface area (Å²) in [5, 5.41) is 4.20. The summed E-state index contributed by atoms with van der Waals surface area (Å²) in [6.07, 6.45) is 1.35.